The zero-order chi connectivity index (χ0) is 21.0. The van der Waals surface area contributed by atoms with Gasteiger partial charge in [0, 0.05) is 25.5 Å². The Morgan fingerprint density at radius 2 is 1.97 bits per heavy atom. The predicted octanol–water partition coefficient (Wildman–Crippen LogP) is 3.38. The smallest absolute Gasteiger partial charge is 0.262 e. The Hall–Kier alpha value is -3.22. The summed E-state index contributed by atoms with van der Waals surface area (Å²) in [5.41, 5.74) is 2.37. The van der Waals surface area contributed by atoms with Crippen molar-refractivity contribution in [3.63, 3.8) is 0 Å². The van der Waals surface area contributed by atoms with E-state index in [1.165, 1.54) is 22.0 Å². The van der Waals surface area contributed by atoms with Crippen LogP contribution >= 0.6 is 0 Å². The summed E-state index contributed by atoms with van der Waals surface area (Å²) in [6.45, 7) is 1.68. The van der Waals surface area contributed by atoms with Gasteiger partial charge in [-0.15, -0.1) is 0 Å². The number of ether oxygens (including phenoxy) is 1. The molecule has 0 spiro atoms. The first kappa shape index (κ1) is 20.5. The summed E-state index contributed by atoms with van der Waals surface area (Å²) >= 11 is 0. The minimum absolute atomic E-state index is 0.0702. The summed E-state index contributed by atoms with van der Waals surface area (Å²) in [6.07, 6.45) is 0.805. The Morgan fingerprint density at radius 3 is 2.62 bits per heavy atom. The van der Waals surface area contributed by atoms with E-state index in [-0.39, 0.29) is 30.2 Å². The second-order valence-corrected chi connectivity index (χ2v) is 6.89. The molecule has 6 nitrogen and oxygen atoms in total. The van der Waals surface area contributed by atoms with Crippen molar-refractivity contribution < 1.29 is 18.7 Å². The van der Waals surface area contributed by atoms with Gasteiger partial charge in [0.15, 0.2) is 0 Å². The molecular formula is C22H24FN3O3. The molecule has 0 N–H and O–H groups in total. The molecule has 1 aliphatic rings. The molecule has 0 saturated heterocycles. The number of benzene rings is 2. The first-order chi connectivity index (χ1) is 13.9. The lowest BCUT2D eigenvalue weighted by atomic mass is 9.98. The summed E-state index contributed by atoms with van der Waals surface area (Å²) in [4.78, 5) is 26.2. The fourth-order valence-electron chi connectivity index (χ4n) is 3.30. The Labute approximate surface area is 169 Å². The van der Waals surface area contributed by atoms with E-state index in [1.807, 2.05) is 24.3 Å². The first-order valence-electron chi connectivity index (χ1n) is 9.46. The lowest BCUT2D eigenvalue weighted by molar-refractivity contribution is -0.140. The molecule has 29 heavy (non-hydrogen) atoms. The van der Waals surface area contributed by atoms with Gasteiger partial charge in [0.2, 0.25) is 5.91 Å². The highest BCUT2D eigenvalue weighted by Crippen LogP contribution is 2.33. The highest BCUT2D eigenvalue weighted by atomic mass is 19.1. The second-order valence-electron chi connectivity index (χ2n) is 6.89. The van der Waals surface area contributed by atoms with Gasteiger partial charge in [-0.2, -0.15) is 5.10 Å². The normalized spacial score (nSPS) is 15.8. The molecule has 3 rings (SSSR count). The first-order valence-corrected chi connectivity index (χ1v) is 9.46. The number of amides is 2. The molecular weight excluding hydrogens is 373 g/mol. The van der Waals surface area contributed by atoms with Gasteiger partial charge in [-0.1, -0.05) is 31.2 Å². The Kier molecular flexibility index (Phi) is 6.26. The lowest BCUT2D eigenvalue weighted by Gasteiger charge is -2.24. The predicted molar refractivity (Wildman–Crippen MR) is 108 cm³/mol. The fraction of sp³-hybridized carbons (Fsp3) is 0.318. The monoisotopic (exact) mass is 397 g/mol. The van der Waals surface area contributed by atoms with Crippen LogP contribution in [0.2, 0.25) is 0 Å². The van der Waals surface area contributed by atoms with E-state index in [9.17, 15) is 14.0 Å². The number of methoxy groups -OCH3 is 1. The van der Waals surface area contributed by atoms with Gasteiger partial charge < -0.3 is 9.64 Å². The third kappa shape index (κ3) is 4.62. The number of carbonyl (C=O) groups is 2. The zero-order valence-corrected chi connectivity index (χ0v) is 16.8. The number of carbonyl (C=O) groups excluding carboxylic acids is 2. The molecule has 0 aromatic heterocycles. The van der Waals surface area contributed by atoms with Crippen LogP contribution in [0.4, 0.5) is 4.39 Å². The Morgan fingerprint density at radius 1 is 1.24 bits per heavy atom. The van der Waals surface area contributed by atoms with Crippen molar-refractivity contribution in [1.29, 1.82) is 0 Å². The molecule has 7 heteroatoms. The molecule has 1 heterocycles. The summed E-state index contributed by atoms with van der Waals surface area (Å²) < 4.78 is 18.7. The molecule has 0 fully saturated rings. The van der Waals surface area contributed by atoms with Crippen molar-refractivity contribution in [3.05, 3.63) is 65.5 Å². The quantitative estimate of drug-likeness (QED) is 0.751. The van der Waals surface area contributed by atoms with Crippen LogP contribution in [0, 0.1) is 5.82 Å². The van der Waals surface area contributed by atoms with E-state index in [2.05, 4.69) is 5.10 Å². The van der Waals surface area contributed by atoms with E-state index in [4.69, 9.17) is 4.74 Å². The SMILES string of the molecule is CCC(=O)N(C)CC(=O)N1N=C(c2cccc(OC)c2)CC1c1ccc(F)cc1. The van der Waals surface area contributed by atoms with Crippen molar-refractivity contribution in [3.8, 4) is 5.75 Å². The topological polar surface area (TPSA) is 62.2 Å². The van der Waals surface area contributed by atoms with E-state index < -0.39 is 0 Å². The maximum Gasteiger partial charge on any atom is 0.262 e. The van der Waals surface area contributed by atoms with Crippen molar-refractivity contribution in [2.75, 3.05) is 20.7 Å². The number of nitrogens with zero attached hydrogens (tertiary/aromatic N) is 3. The molecule has 2 aromatic carbocycles. The Bertz CT molecular complexity index is 927. The molecule has 1 atom stereocenters. The molecule has 1 unspecified atom stereocenters. The zero-order valence-electron chi connectivity index (χ0n) is 16.8. The van der Waals surface area contributed by atoms with Crippen LogP contribution in [-0.4, -0.2) is 48.1 Å². The second kappa shape index (κ2) is 8.86. The van der Waals surface area contributed by atoms with Crippen molar-refractivity contribution in [2.24, 2.45) is 5.10 Å². The summed E-state index contributed by atoms with van der Waals surface area (Å²) in [5.74, 6) is -0.0529. The van der Waals surface area contributed by atoms with E-state index >= 15 is 0 Å². The number of rotatable bonds is 6. The summed E-state index contributed by atoms with van der Waals surface area (Å²) in [7, 11) is 3.19. The van der Waals surface area contributed by atoms with Crippen LogP contribution in [0.3, 0.4) is 0 Å². The van der Waals surface area contributed by atoms with Gasteiger partial charge in [0.05, 0.1) is 18.9 Å². The maximum atomic E-state index is 13.4. The van der Waals surface area contributed by atoms with Crippen molar-refractivity contribution in [2.45, 2.75) is 25.8 Å². The Balaban J connectivity index is 1.91. The van der Waals surface area contributed by atoms with Crippen LogP contribution in [0.15, 0.2) is 53.6 Å². The standard InChI is InChI=1S/C22H24FN3O3/c1-4-21(27)25(2)14-22(28)26-20(15-8-10-17(23)11-9-15)13-19(24-26)16-6-5-7-18(12-16)29-3/h5-12,20H,4,13-14H2,1-3H3. The van der Waals surface area contributed by atoms with Crippen LogP contribution < -0.4 is 4.74 Å². The van der Waals surface area contributed by atoms with Gasteiger partial charge in [-0.3, -0.25) is 9.59 Å². The molecule has 2 aromatic rings. The van der Waals surface area contributed by atoms with Gasteiger partial charge in [0.25, 0.3) is 5.91 Å². The van der Waals surface area contributed by atoms with Crippen molar-refractivity contribution >= 4 is 17.5 Å². The van der Waals surface area contributed by atoms with Gasteiger partial charge >= 0.3 is 0 Å². The molecule has 2 amide bonds. The molecule has 0 saturated carbocycles. The third-order valence-electron chi connectivity index (χ3n) is 4.92. The van der Waals surface area contributed by atoms with Crippen LogP contribution in [0.1, 0.15) is 36.9 Å². The minimum Gasteiger partial charge on any atom is -0.497 e. The minimum atomic E-state index is -0.366. The summed E-state index contributed by atoms with van der Waals surface area (Å²) in [6, 6.07) is 13.2. The lowest BCUT2D eigenvalue weighted by Crippen LogP contribution is -2.39. The third-order valence-corrected chi connectivity index (χ3v) is 4.92. The largest absolute Gasteiger partial charge is 0.497 e. The highest BCUT2D eigenvalue weighted by molar-refractivity contribution is 6.03. The number of likely N-dealkylation sites (N-methyl/N-ethyl adjacent to an activating group) is 1. The van der Waals surface area contributed by atoms with Gasteiger partial charge in [0.1, 0.15) is 18.1 Å². The number of hydrazone groups is 1. The fourth-order valence-corrected chi connectivity index (χ4v) is 3.30. The number of hydrogen-bond acceptors (Lipinski definition) is 4. The number of hydrogen-bond donors (Lipinski definition) is 0. The molecule has 0 aliphatic carbocycles. The van der Waals surface area contributed by atoms with Crippen LogP contribution in [0.5, 0.6) is 5.75 Å². The average Bonchev–Trinajstić information content (AvgIpc) is 3.19. The highest BCUT2D eigenvalue weighted by Gasteiger charge is 2.33. The van der Waals surface area contributed by atoms with Crippen LogP contribution in [0.25, 0.3) is 0 Å². The molecule has 1 aliphatic heterocycles. The van der Waals surface area contributed by atoms with Crippen molar-refractivity contribution in [1.82, 2.24) is 9.91 Å². The average molecular weight is 397 g/mol. The molecule has 152 valence electrons. The summed E-state index contributed by atoms with van der Waals surface area (Å²) in [5, 5.41) is 5.97. The maximum absolute atomic E-state index is 13.4. The van der Waals surface area contributed by atoms with E-state index in [0.717, 1.165) is 16.8 Å². The number of halogens is 1. The van der Waals surface area contributed by atoms with Gasteiger partial charge in [-0.25, -0.2) is 9.40 Å². The van der Waals surface area contributed by atoms with E-state index in [1.54, 1.807) is 33.2 Å². The van der Waals surface area contributed by atoms with E-state index in [0.29, 0.717) is 18.6 Å². The van der Waals surface area contributed by atoms with Crippen LogP contribution in [-0.2, 0) is 9.59 Å². The molecule has 0 radical (unpaired) electrons. The molecule has 0 bridgehead atoms. The van der Waals surface area contributed by atoms with Gasteiger partial charge in [-0.05, 0) is 29.8 Å².